The summed E-state index contributed by atoms with van der Waals surface area (Å²) in [5.41, 5.74) is 2.04. The Morgan fingerprint density at radius 1 is 0.476 bits per heavy atom. The highest BCUT2D eigenvalue weighted by Gasteiger charge is 2.56. The van der Waals surface area contributed by atoms with Crippen LogP contribution in [0.15, 0.2) is 33.4 Å². The zero-order chi connectivity index (χ0) is 94.4. The van der Waals surface area contributed by atoms with Gasteiger partial charge in [0.15, 0.2) is 89.7 Å². The molecule has 6 aromatic rings. The molecule has 0 radical (unpaired) electrons. The molecule has 3 fully saturated rings. The highest BCUT2D eigenvalue weighted by Crippen LogP contribution is 2.63. The third-order valence-corrected chi connectivity index (χ3v) is 42.4. The molecule has 74 heteroatoms. The van der Waals surface area contributed by atoms with Gasteiger partial charge in [0.05, 0.1) is 44.9 Å². The lowest BCUT2D eigenvalue weighted by molar-refractivity contribution is -0.119. The van der Waals surface area contributed by atoms with E-state index in [4.69, 9.17) is 86.1 Å². The van der Waals surface area contributed by atoms with Crippen molar-refractivity contribution in [3.8, 4) is 0 Å². The number of H-pyrrole nitrogens is 3. The van der Waals surface area contributed by atoms with Crippen LogP contribution < -0.4 is 33.0 Å². The van der Waals surface area contributed by atoms with E-state index in [1.807, 2.05) is 20.8 Å². The smallest absolute Gasteiger partial charge is 0.340 e. The number of aliphatic hydroxyl groups is 1. The SMILES string of the molecule is CC(C)C(=O)Nc1nc2c(ncn2C2OC(COP(=O)(O)CP(=O)(O)O)C(OP(=O)(O)CP(=O)(O)O)C2O)c(=O)[nH]1.CC(C)C(=O)Nc1nc2c(ncn2C2OC(COP(=O)(O)CP(=O)(O)O)C(OP(=O)(O)CP(=O)(O)O)C2O[Si](C)(C)C(C)(C)C)c(=O)[nH]1.Nc1nc2c(ncn2C2CC(OP(=O)(O)CP(=O)(O)O)C(COP(=O)(O)CP(=O)(O)O)O2)c(=O)[nH]1. The minimum Gasteiger partial charge on any atom is -0.407 e. The number of ether oxygens (including phenoxy) is 3. The molecule has 9 heterocycles. The van der Waals surface area contributed by atoms with Crippen molar-refractivity contribution >= 4 is 163 Å². The average Bonchev–Trinajstić information content (AvgIpc) is 1.60. The second-order valence-corrected chi connectivity index (χ2v) is 58.3. The van der Waals surface area contributed by atoms with Crippen molar-refractivity contribution < 1.29 is 203 Å². The van der Waals surface area contributed by atoms with Gasteiger partial charge in [0.2, 0.25) is 29.7 Å². The topological polar surface area (TPSA) is 956 Å². The van der Waals surface area contributed by atoms with Gasteiger partial charge in [-0.25, -0.2) is 15.0 Å². The Morgan fingerprint density at radius 3 is 1.18 bits per heavy atom. The number of nitrogens with one attached hydrogen (secondary N) is 5. The third-order valence-electron chi connectivity index (χ3n) is 17.1. The maximum Gasteiger partial charge on any atom is 0.340 e. The maximum absolute atomic E-state index is 13.1. The van der Waals surface area contributed by atoms with Crippen molar-refractivity contribution in [3.05, 3.63) is 50.0 Å². The van der Waals surface area contributed by atoms with Gasteiger partial charge in [-0.1, -0.05) is 48.5 Å². The summed E-state index contributed by atoms with van der Waals surface area (Å²) in [6, 6.07) is 0. The monoisotopic (exact) mass is 2040 g/mol. The third kappa shape index (κ3) is 31.4. The zero-order valence-electron chi connectivity index (χ0n) is 65.3. The second-order valence-electron chi connectivity index (χ2n) is 29.7. The zero-order valence-corrected chi connectivity index (χ0v) is 77.0. The van der Waals surface area contributed by atoms with Crippen LogP contribution in [0.4, 0.5) is 17.8 Å². The number of amides is 2. The van der Waals surface area contributed by atoms with E-state index >= 15 is 0 Å². The number of aromatic amines is 3. The number of carbonyl (C=O) groups excluding carboxylic acids is 2. The molecule has 9 rings (SSSR count). The van der Waals surface area contributed by atoms with E-state index in [1.54, 1.807) is 40.8 Å². The molecule has 3 aliphatic heterocycles. The van der Waals surface area contributed by atoms with Gasteiger partial charge in [0.1, 0.15) is 49.0 Å². The van der Waals surface area contributed by atoms with Gasteiger partial charge >= 0.3 is 91.1 Å². The van der Waals surface area contributed by atoms with Gasteiger partial charge in [-0.2, -0.15) is 15.0 Å². The summed E-state index contributed by atoms with van der Waals surface area (Å²) in [6.07, 6.45) is -15.2. The molecule has 3 aliphatic rings. The van der Waals surface area contributed by atoms with Crippen molar-refractivity contribution in [2.45, 2.75) is 141 Å². The van der Waals surface area contributed by atoms with Crippen LogP contribution in [-0.4, -0.2) is 276 Å². The van der Waals surface area contributed by atoms with E-state index in [0.29, 0.717) is 0 Å². The summed E-state index contributed by atoms with van der Waals surface area (Å²) < 4.78 is 199. The average molecular weight is 2040 g/mol. The van der Waals surface area contributed by atoms with Crippen molar-refractivity contribution in [2.75, 3.05) is 71.6 Å². The lowest BCUT2D eigenvalue weighted by Gasteiger charge is -2.40. The summed E-state index contributed by atoms with van der Waals surface area (Å²) >= 11 is 0. The van der Waals surface area contributed by atoms with Gasteiger partial charge < -0.3 is 136 Å². The summed E-state index contributed by atoms with van der Waals surface area (Å²) in [6.45, 7) is 12.5. The molecule has 17 unspecified atom stereocenters. The first-order valence-corrected chi connectivity index (χ1v) is 59.0. The molecular formula is C50H89N15O46P12Si. The lowest BCUT2D eigenvalue weighted by atomic mass is 10.1. The molecular weight excluding hydrogens is 1950 g/mol. The highest BCUT2D eigenvalue weighted by atomic mass is 31.3. The Balaban J connectivity index is 0.000000259. The number of nitrogens with two attached hydrogens (primary N) is 1. The van der Waals surface area contributed by atoms with Gasteiger partial charge in [-0.05, 0) is 18.1 Å². The quantitative estimate of drug-likeness (QED) is 0.0183. The van der Waals surface area contributed by atoms with Crippen LogP contribution in [0.2, 0.25) is 18.1 Å². The van der Waals surface area contributed by atoms with Crippen molar-refractivity contribution in [1.82, 2.24) is 58.6 Å². The molecule has 3 saturated heterocycles. The van der Waals surface area contributed by atoms with E-state index < -0.39 is 268 Å². The number of hydrogen-bond acceptors (Lipinski definition) is 35. The van der Waals surface area contributed by atoms with E-state index in [1.165, 1.54) is 9.13 Å². The van der Waals surface area contributed by atoms with Crippen LogP contribution in [0.1, 0.15) is 73.6 Å². The molecule has 17 atom stereocenters. The molecule has 2 amide bonds. The molecule has 0 aliphatic carbocycles. The molecule has 704 valence electrons. The molecule has 61 nitrogen and oxygen atoms in total. The molecule has 0 aromatic carbocycles. The molecule has 0 saturated carbocycles. The van der Waals surface area contributed by atoms with Gasteiger partial charge in [0.25, 0.3) is 16.7 Å². The summed E-state index contributed by atoms with van der Waals surface area (Å²) in [5, 5.41) is 15.2. The first-order chi connectivity index (χ1) is 55.9. The van der Waals surface area contributed by atoms with Crippen molar-refractivity contribution in [1.29, 1.82) is 0 Å². The molecule has 6 aromatic heterocycles. The van der Waals surface area contributed by atoms with Crippen LogP contribution in [0.25, 0.3) is 33.5 Å². The van der Waals surface area contributed by atoms with E-state index in [9.17, 15) is 133 Å². The number of rotatable bonds is 36. The minimum atomic E-state index is -5.20. The molecule has 0 bridgehead atoms. The van der Waals surface area contributed by atoms with Crippen LogP contribution in [-0.2, 0) is 110 Å². The van der Waals surface area contributed by atoms with E-state index in [-0.39, 0.29) is 57.8 Å². The standard InChI is InChI=1S/C22H41N5O16P4Si.C16H27N5O16P4.C12H21N5O14P4/c1-12(2)18(28)25-21-24-17-14(19(29)26-21)23-9-27(17)20-16(43-48(6,7)22(3,4)5)15(42-47(38,39)11-45(33,34)35)13(41-20)8-40-46(36,37)10-44(30,31)32;1-7(2)13(23)19-16-18-12-9(14(24)20-16)17-4-21(12)15-10(22)11(37-41(33,34)6-39(28,29)30)8(36-15)3-35-40(31,32)5-38(25,26)27;13-12-15-10-9(11(18)16-12)14-3-17(10)8-1-6(31-35(27,28)5-33(22,23)24)7(30-8)2-29-34(25,26)4-32(19,20)21/h9,12-13,15-16,20H,8,10-11H2,1-7H3,(H,36,37)(H,38,39)(H2,30,31,32)(H2,33,34,35)(H2,24,25,26,28,29);4,7-8,10-11,15,22H,3,5-6H2,1-2H3,(H,31,32)(H,33,34)(H2,25,26,27)(H2,28,29,30)(H2,18,19,20,23,24);3,6-8H,1-2,4-5H2,(H,25,26)(H,27,28)(H2,19,20,21)(H2,22,23,24)(H3,13,15,16,18). The van der Waals surface area contributed by atoms with Crippen LogP contribution in [0.5, 0.6) is 0 Å². The number of carbonyl (C=O) groups is 2. The number of nitrogen functional groups attached to an aromatic ring is 1. The van der Waals surface area contributed by atoms with E-state index in [2.05, 4.69) is 60.0 Å². The lowest BCUT2D eigenvalue weighted by Crippen LogP contribution is -2.49. The Kier molecular flexibility index (Phi) is 34.0. The molecule has 26 N–H and O–H groups in total. The predicted molar refractivity (Wildman–Crippen MR) is 423 cm³/mol. The summed E-state index contributed by atoms with van der Waals surface area (Å²) in [7, 11) is -63.5. The number of nitrogens with zero attached hydrogens (tertiary/aromatic N) is 9. The number of hydrogen-bond donors (Lipinski definition) is 25. The number of imidazole rings is 3. The highest BCUT2D eigenvalue weighted by molar-refractivity contribution is 7.72. The van der Waals surface area contributed by atoms with Gasteiger partial charge in [0, 0.05) is 18.3 Å². The van der Waals surface area contributed by atoms with Crippen LogP contribution >= 0.6 is 91.1 Å². The normalized spacial score (nSPS) is 24.4. The Hall–Kier alpha value is -4.39. The summed E-state index contributed by atoms with van der Waals surface area (Å²) in [5.74, 6) is -12.4. The number of anilines is 3. The van der Waals surface area contributed by atoms with Gasteiger partial charge in [-0.15, -0.1) is 0 Å². The Morgan fingerprint density at radius 2 is 0.798 bits per heavy atom. The van der Waals surface area contributed by atoms with E-state index in [0.717, 1.165) is 23.5 Å². The fourth-order valence-electron chi connectivity index (χ4n) is 11.0. The minimum absolute atomic E-state index is 0.0618. The number of fused-ring (bicyclic) bond motifs is 3. The fourth-order valence-corrected chi connectivity index (χ4v) is 28.3. The molecule has 124 heavy (non-hydrogen) atoms. The number of aliphatic hydroxyl groups excluding tert-OH is 1. The second kappa shape index (κ2) is 39.6. The Bertz CT molecular complexity index is 5740. The van der Waals surface area contributed by atoms with Gasteiger partial charge in [-0.3, -0.25) is 127 Å². The van der Waals surface area contributed by atoms with Crippen LogP contribution in [0.3, 0.4) is 0 Å². The Labute approximate surface area is 695 Å². The van der Waals surface area contributed by atoms with Crippen molar-refractivity contribution in [2.24, 2.45) is 11.8 Å². The largest absolute Gasteiger partial charge is 0.407 e. The first kappa shape index (κ1) is 107. The maximum atomic E-state index is 13.1. The molecule has 0 spiro atoms. The number of aromatic nitrogens is 12. The van der Waals surface area contributed by atoms with Crippen LogP contribution in [0, 0.1) is 11.8 Å². The predicted octanol–water partition coefficient (Wildman–Crippen LogP) is 0.0926. The van der Waals surface area contributed by atoms with Crippen molar-refractivity contribution in [3.63, 3.8) is 0 Å². The summed E-state index contributed by atoms with van der Waals surface area (Å²) in [4.78, 5) is 262. The first-order valence-electron chi connectivity index (χ1n) is 34.7. The fraction of sp³-hybridized carbons (Fsp3) is 0.660.